The van der Waals surface area contributed by atoms with Gasteiger partial charge < -0.3 is 0 Å². The Morgan fingerprint density at radius 3 is 2.55 bits per heavy atom. The van der Waals surface area contributed by atoms with Gasteiger partial charge in [0.2, 0.25) is 0 Å². The van der Waals surface area contributed by atoms with Gasteiger partial charge in [-0.15, -0.1) is 0 Å². The van der Waals surface area contributed by atoms with Gasteiger partial charge in [0.1, 0.15) is 5.15 Å². The fraction of sp³-hybridized carbons (Fsp3) is 0.0667. The van der Waals surface area contributed by atoms with Crippen LogP contribution in [0.2, 0.25) is 10.2 Å². The van der Waals surface area contributed by atoms with Crippen molar-refractivity contribution >= 4 is 56.7 Å². The molecule has 0 bridgehead atoms. The minimum atomic E-state index is 0.459. The van der Waals surface area contributed by atoms with Gasteiger partial charge in [-0.3, -0.25) is 0 Å². The van der Waals surface area contributed by atoms with E-state index < -0.39 is 0 Å². The summed E-state index contributed by atoms with van der Waals surface area (Å²) in [4.78, 5) is 8.94. The molecule has 0 aliphatic heterocycles. The van der Waals surface area contributed by atoms with Crippen LogP contribution in [0.5, 0.6) is 0 Å². The summed E-state index contributed by atoms with van der Waals surface area (Å²) >= 11 is 14.7. The lowest BCUT2D eigenvalue weighted by molar-refractivity contribution is 1.22. The van der Waals surface area contributed by atoms with Crippen LogP contribution in [0, 0.1) is 10.5 Å². The van der Waals surface area contributed by atoms with Crippen LogP contribution in [0.15, 0.2) is 36.4 Å². The lowest BCUT2D eigenvalue weighted by Crippen LogP contribution is -1.92. The van der Waals surface area contributed by atoms with E-state index in [1.54, 1.807) is 0 Å². The zero-order valence-electron chi connectivity index (χ0n) is 10.5. The molecular weight excluding hydrogens is 406 g/mol. The first-order chi connectivity index (χ1) is 9.54. The Kier molecular flexibility index (Phi) is 3.84. The van der Waals surface area contributed by atoms with E-state index in [4.69, 9.17) is 23.2 Å². The molecule has 0 spiro atoms. The van der Waals surface area contributed by atoms with Gasteiger partial charge in [-0.05, 0) is 59.3 Å². The van der Waals surface area contributed by atoms with E-state index in [9.17, 15) is 0 Å². The quantitative estimate of drug-likeness (QED) is 0.387. The van der Waals surface area contributed by atoms with E-state index in [2.05, 4.69) is 32.6 Å². The number of hydrogen-bond donors (Lipinski definition) is 0. The summed E-state index contributed by atoms with van der Waals surface area (Å²) in [6.07, 6.45) is 0. The van der Waals surface area contributed by atoms with Crippen LogP contribution in [0.3, 0.4) is 0 Å². The maximum Gasteiger partial charge on any atom is 0.161 e. The van der Waals surface area contributed by atoms with Gasteiger partial charge in [0, 0.05) is 19.5 Å². The molecule has 0 atom stereocenters. The molecule has 1 heterocycles. The number of aromatic nitrogens is 2. The maximum absolute atomic E-state index is 6.27. The Bertz CT molecular complexity index is 818. The predicted octanol–water partition coefficient (Wildman–Crippen LogP) is 5.52. The first kappa shape index (κ1) is 14.0. The molecule has 100 valence electrons. The molecule has 20 heavy (non-hydrogen) atoms. The van der Waals surface area contributed by atoms with Gasteiger partial charge in [0.25, 0.3) is 0 Å². The van der Waals surface area contributed by atoms with Crippen LogP contribution < -0.4 is 0 Å². The Balaban J connectivity index is 2.21. The van der Waals surface area contributed by atoms with Crippen molar-refractivity contribution in [3.05, 3.63) is 55.7 Å². The van der Waals surface area contributed by atoms with Crippen molar-refractivity contribution in [2.75, 3.05) is 0 Å². The number of nitrogens with zero attached hydrogens (tertiary/aromatic N) is 2. The smallest absolute Gasteiger partial charge is 0.161 e. The third-order valence-electron chi connectivity index (χ3n) is 3.04. The van der Waals surface area contributed by atoms with Crippen LogP contribution in [-0.2, 0) is 0 Å². The Hall–Kier alpha value is -0.910. The van der Waals surface area contributed by atoms with Crippen LogP contribution in [0.25, 0.3) is 22.3 Å². The normalized spacial score (nSPS) is 11.0. The largest absolute Gasteiger partial charge is 0.228 e. The first-order valence-corrected chi connectivity index (χ1v) is 7.77. The molecule has 0 unspecified atom stereocenters. The molecule has 5 heteroatoms. The second kappa shape index (κ2) is 5.47. The number of benzene rings is 2. The lowest BCUT2D eigenvalue weighted by Gasteiger charge is -2.06. The molecule has 0 fully saturated rings. The molecule has 0 aliphatic rings. The second-order valence-electron chi connectivity index (χ2n) is 4.46. The molecular formula is C15H9Cl2IN2. The highest BCUT2D eigenvalue weighted by Crippen LogP contribution is 2.28. The Labute approximate surface area is 140 Å². The molecule has 2 aromatic carbocycles. The first-order valence-electron chi connectivity index (χ1n) is 5.94. The summed E-state index contributed by atoms with van der Waals surface area (Å²) in [7, 11) is 0. The van der Waals surface area contributed by atoms with Gasteiger partial charge in [-0.2, -0.15) is 0 Å². The van der Waals surface area contributed by atoms with Gasteiger partial charge in [0.15, 0.2) is 5.82 Å². The van der Waals surface area contributed by atoms with Crippen molar-refractivity contribution in [2.24, 2.45) is 0 Å². The van der Waals surface area contributed by atoms with Crippen molar-refractivity contribution < 1.29 is 0 Å². The molecule has 3 aromatic rings. The zero-order chi connectivity index (χ0) is 14.3. The van der Waals surface area contributed by atoms with Crippen molar-refractivity contribution in [3.63, 3.8) is 0 Å². The van der Waals surface area contributed by atoms with E-state index in [1.807, 2.05) is 43.3 Å². The molecule has 2 nitrogen and oxygen atoms in total. The van der Waals surface area contributed by atoms with Gasteiger partial charge in [-0.25, -0.2) is 9.97 Å². The Morgan fingerprint density at radius 2 is 1.80 bits per heavy atom. The van der Waals surface area contributed by atoms with E-state index in [-0.39, 0.29) is 0 Å². The highest BCUT2D eigenvalue weighted by atomic mass is 127. The van der Waals surface area contributed by atoms with Crippen LogP contribution in [0.4, 0.5) is 0 Å². The molecule has 0 amide bonds. The van der Waals surface area contributed by atoms with E-state index in [0.717, 1.165) is 25.6 Å². The van der Waals surface area contributed by atoms with E-state index in [1.165, 1.54) is 0 Å². The molecule has 0 radical (unpaired) electrons. The van der Waals surface area contributed by atoms with Crippen molar-refractivity contribution in [1.82, 2.24) is 9.97 Å². The maximum atomic E-state index is 6.27. The average molecular weight is 415 g/mol. The topological polar surface area (TPSA) is 25.8 Å². The van der Waals surface area contributed by atoms with Crippen molar-refractivity contribution in [1.29, 1.82) is 0 Å². The minimum Gasteiger partial charge on any atom is -0.228 e. The fourth-order valence-corrected chi connectivity index (χ4v) is 2.83. The summed E-state index contributed by atoms with van der Waals surface area (Å²) < 4.78 is 1.10. The molecule has 3 rings (SSSR count). The Morgan fingerprint density at radius 1 is 1.00 bits per heavy atom. The highest BCUT2D eigenvalue weighted by Gasteiger charge is 2.09. The molecule has 0 N–H and O–H groups in total. The monoisotopic (exact) mass is 414 g/mol. The standard InChI is InChI=1S/C15H9Cl2IN2/c1-8-2-3-9(6-12(8)16)15-19-13-5-4-10(18)7-11(13)14(17)20-15/h2-7H,1H3. The third kappa shape index (κ3) is 2.62. The number of hydrogen-bond acceptors (Lipinski definition) is 2. The molecule has 1 aromatic heterocycles. The van der Waals surface area contributed by atoms with Gasteiger partial charge in [-0.1, -0.05) is 35.3 Å². The summed E-state index contributed by atoms with van der Waals surface area (Å²) in [6, 6.07) is 11.7. The lowest BCUT2D eigenvalue weighted by atomic mass is 10.1. The molecule has 0 saturated carbocycles. The van der Waals surface area contributed by atoms with Crippen LogP contribution >= 0.6 is 45.8 Å². The fourth-order valence-electron chi connectivity index (χ4n) is 1.92. The summed E-state index contributed by atoms with van der Waals surface area (Å²) in [5, 5.41) is 2.02. The summed E-state index contributed by atoms with van der Waals surface area (Å²) in [5.74, 6) is 0.589. The highest BCUT2D eigenvalue weighted by molar-refractivity contribution is 14.1. The van der Waals surface area contributed by atoms with Crippen molar-refractivity contribution in [3.8, 4) is 11.4 Å². The second-order valence-corrected chi connectivity index (χ2v) is 6.47. The van der Waals surface area contributed by atoms with E-state index in [0.29, 0.717) is 16.0 Å². The van der Waals surface area contributed by atoms with Gasteiger partial charge in [0.05, 0.1) is 5.52 Å². The summed E-state index contributed by atoms with van der Waals surface area (Å²) in [5.41, 5.74) is 2.72. The zero-order valence-corrected chi connectivity index (χ0v) is 14.2. The van der Waals surface area contributed by atoms with Crippen LogP contribution in [-0.4, -0.2) is 9.97 Å². The molecule has 0 aliphatic carbocycles. The third-order valence-corrected chi connectivity index (χ3v) is 4.41. The summed E-state index contributed by atoms with van der Waals surface area (Å²) in [6.45, 7) is 1.96. The minimum absolute atomic E-state index is 0.459. The van der Waals surface area contributed by atoms with Crippen LogP contribution in [0.1, 0.15) is 5.56 Å². The number of aryl methyl sites for hydroxylation is 1. The SMILES string of the molecule is Cc1ccc(-c2nc(Cl)c3cc(I)ccc3n2)cc1Cl. The number of halogens is 3. The number of rotatable bonds is 1. The average Bonchev–Trinajstić information content (AvgIpc) is 2.42. The molecule has 0 saturated heterocycles. The number of fused-ring (bicyclic) bond motifs is 1. The predicted molar refractivity (Wildman–Crippen MR) is 92.4 cm³/mol. The van der Waals surface area contributed by atoms with E-state index >= 15 is 0 Å². The van der Waals surface area contributed by atoms with Crippen molar-refractivity contribution in [2.45, 2.75) is 6.92 Å². The van der Waals surface area contributed by atoms with Gasteiger partial charge >= 0.3 is 0 Å².